The molecule has 21 heavy (non-hydrogen) atoms. The molecule has 0 aliphatic rings. The van der Waals surface area contributed by atoms with Crippen molar-refractivity contribution in [2.24, 2.45) is 0 Å². The largest absolute Gasteiger partial charge is 0.396 e. The molecule has 0 bridgehead atoms. The Balaban J connectivity index is 1.93. The highest BCUT2D eigenvalue weighted by Gasteiger charge is 2.12. The monoisotopic (exact) mass is 289 g/mol. The minimum atomic E-state index is -0.0587. The lowest BCUT2D eigenvalue weighted by molar-refractivity contribution is 0.0791. The lowest BCUT2D eigenvalue weighted by Gasteiger charge is -2.17. The van der Waals surface area contributed by atoms with Gasteiger partial charge in [0.05, 0.1) is 5.56 Å². The van der Waals surface area contributed by atoms with Gasteiger partial charge in [-0.2, -0.15) is 5.10 Å². The van der Waals surface area contributed by atoms with Crippen LogP contribution in [0.1, 0.15) is 29.6 Å². The summed E-state index contributed by atoms with van der Waals surface area (Å²) in [6, 6.07) is 3.47. The standard InChI is InChI=1S/C14H19N5O2/c1-18(7-3-2-4-8-20)14(21)12-5-6-13(16-9-12)19-11-15-10-17-19/h5-6,9-11,20H,2-4,7-8H2,1H3. The average Bonchev–Trinajstić information content (AvgIpc) is 3.05. The van der Waals surface area contributed by atoms with Crippen LogP contribution in [0.2, 0.25) is 0 Å². The molecule has 1 N–H and O–H groups in total. The van der Waals surface area contributed by atoms with Crippen molar-refractivity contribution >= 4 is 5.91 Å². The van der Waals surface area contributed by atoms with Crippen molar-refractivity contribution < 1.29 is 9.90 Å². The van der Waals surface area contributed by atoms with E-state index < -0.39 is 0 Å². The van der Waals surface area contributed by atoms with E-state index in [1.807, 2.05) is 0 Å². The molecule has 0 radical (unpaired) electrons. The fourth-order valence-electron chi connectivity index (χ4n) is 1.93. The molecule has 2 rings (SSSR count). The summed E-state index contributed by atoms with van der Waals surface area (Å²) in [5, 5.41) is 12.7. The van der Waals surface area contributed by atoms with Gasteiger partial charge in [-0.05, 0) is 31.4 Å². The first-order valence-electron chi connectivity index (χ1n) is 6.89. The fourth-order valence-corrected chi connectivity index (χ4v) is 1.93. The molecule has 0 aliphatic heterocycles. The molecule has 2 aromatic heterocycles. The molecule has 0 atom stereocenters. The Morgan fingerprint density at radius 1 is 1.33 bits per heavy atom. The number of aliphatic hydroxyl groups excluding tert-OH is 1. The van der Waals surface area contributed by atoms with E-state index in [4.69, 9.17) is 5.11 Å². The second-order valence-electron chi connectivity index (χ2n) is 4.76. The Bertz CT molecular complexity index is 553. The molecule has 0 saturated carbocycles. The van der Waals surface area contributed by atoms with Crippen LogP contribution in [-0.2, 0) is 0 Å². The number of carbonyl (C=O) groups excluding carboxylic acids is 1. The third-order valence-electron chi connectivity index (χ3n) is 3.15. The second kappa shape index (κ2) is 7.49. The van der Waals surface area contributed by atoms with E-state index in [0.717, 1.165) is 19.3 Å². The molecule has 0 aliphatic carbocycles. The first kappa shape index (κ1) is 15.1. The summed E-state index contributed by atoms with van der Waals surface area (Å²) in [6.45, 7) is 0.870. The van der Waals surface area contributed by atoms with Crippen molar-refractivity contribution in [3.8, 4) is 5.82 Å². The molecule has 7 nitrogen and oxygen atoms in total. The number of aliphatic hydroxyl groups is 1. The number of hydrogen-bond acceptors (Lipinski definition) is 5. The second-order valence-corrected chi connectivity index (χ2v) is 4.76. The molecule has 0 unspecified atom stereocenters. The average molecular weight is 289 g/mol. The third-order valence-corrected chi connectivity index (χ3v) is 3.15. The molecule has 0 saturated heterocycles. The molecular weight excluding hydrogens is 270 g/mol. The molecule has 2 heterocycles. The smallest absolute Gasteiger partial charge is 0.255 e. The SMILES string of the molecule is CN(CCCCCO)C(=O)c1ccc(-n2cncn2)nc1. The lowest BCUT2D eigenvalue weighted by Crippen LogP contribution is -2.27. The molecule has 0 fully saturated rings. The molecular formula is C14H19N5O2. The number of pyridine rings is 1. The molecule has 7 heteroatoms. The van der Waals surface area contributed by atoms with Gasteiger partial charge in [0.1, 0.15) is 12.7 Å². The summed E-state index contributed by atoms with van der Waals surface area (Å²) >= 11 is 0. The van der Waals surface area contributed by atoms with Crippen LogP contribution in [0.5, 0.6) is 0 Å². The predicted molar refractivity (Wildman–Crippen MR) is 77.1 cm³/mol. The number of hydrogen-bond donors (Lipinski definition) is 1. The van der Waals surface area contributed by atoms with E-state index >= 15 is 0 Å². The van der Waals surface area contributed by atoms with Gasteiger partial charge >= 0.3 is 0 Å². The molecule has 0 aromatic carbocycles. The zero-order valence-electron chi connectivity index (χ0n) is 12.0. The van der Waals surface area contributed by atoms with Crippen molar-refractivity contribution in [3.63, 3.8) is 0 Å². The van der Waals surface area contributed by atoms with Crippen molar-refractivity contribution in [1.82, 2.24) is 24.6 Å². The number of nitrogens with zero attached hydrogens (tertiary/aromatic N) is 5. The van der Waals surface area contributed by atoms with E-state index in [2.05, 4.69) is 15.1 Å². The van der Waals surface area contributed by atoms with E-state index in [9.17, 15) is 4.79 Å². The molecule has 0 spiro atoms. The van der Waals surface area contributed by atoms with Gasteiger partial charge in [-0.25, -0.2) is 14.6 Å². The highest BCUT2D eigenvalue weighted by Crippen LogP contribution is 2.07. The third kappa shape index (κ3) is 4.09. The minimum absolute atomic E-state index is 0.0587. The number of unbranched alkanes of at least 4 members (excludes halogenated alkanes) is 2. The molecule has 2 aromatic rings. The van der Waals surface area contributed by atoms with E-state index in [1.54, 1.807) is 36.6 Å². The highest BCUT2D eigenvalue weighted by atomic mass is 16.2. The van der Waals surface area contributed by atoms with Gasteiger partial charge in [-0.3, -0.25) is 4.79 Å². The van der Waals surface area contributed by atoms with Crippen LogP contribution in [0.4, 0.5) is 0 Å². The summed E-state index contributed by atoms with van der Waals surface area (Å²) in [6.07, 6.45) is 7.10. The summed E-state index contributed by atoms with van der Waals surface area (Å²) in [5.41, 5.74) is 0.545. The van der Waals surface area contributed by atoms with Crippen LogP contribution in [0.3, 0.4) is 0 Å². The fraction of sp³-hybridized carbons (Fsp3) is 0.429. The van der Waals surface area contributed by atoms with Crippen LogP contribution >= 0.6 is 0 Å². The van der Waals surface area contributed by atoms with Gasteiger partial charge in [-0.1, -0.05) is 0 Å². The van der Waals surface area contributed by atoms with Crippen molar-refractivity contribution in [2.75, 3.05) is 20.2 Å². The van der Waals surface area contributed by atoms with E-state index in [1.165, 1.54) is 11.0 Å². The number of amides is 1. The number of carbonyl (C=O) groups is 1. The van der Waals surface area contributed by atoms with Gasteiger partial charge in [-0.15, -0.1) is 0 Å². The van der Waals surface area contributed by atoms with E-state index in [0.29, 0.717) is 17.9 Å². The summed E-state index contributed by atoms with van der Waals surface area (Å²) in [5.74, 6) is 0.561. The zero-order chi connectivity index (χ0) is 15.1. The van der Waals surface area contributed by atoms with Gasteiger partial charge < -0.3 is 10.0 Å². The maximum absolute atomic E-state index is 12.2. The minimum Gasteiger partial charge on any atom is -0.396 e. The van der Waals surface area contributed by atoms with Crippen molar-refractivity contribution in [1.29, 1.82) is 0 Å². The Kier molecular flexibility index (Phi) is 5.39. The summed E-state index contributed by atoms with van der Waals surface area (Å²) in [4.78, 5) is 21.9. The Hall–Kier alpha value is -2.28. The Morgan fingerprint density at radius 2 is 2.19 bits per heavy atom. The quantitative estimate of drug-likeness (QED) is 0.765. The topological polar surface area (TPSA) is 84.1 Å². The predicted octanol–water partition coefficient (Wildman–Crippen LogP) is 0.897. The van der Waals surface area contributed by atoms with Gasteiger partial charge in [0.15, 0.2) is 5.82 Å². The summed E-state index contributed by atoms with van der Waals surface area (Å²) < 4.78 is 1.53. The normalized spacial score (nSPS) is 10.6. The van der Waals surface area contributed by atoms with Crippen LogP contribution in [0.15, 0.2) is 31.0 Å². The van der Waals surface area contributed by atoms with Gasteiger partial charge in [0.25, 0.3) is 5.91 Å². The highest BCUT2D eigenvalue weighted by molar-refractivity contribution is 5.93. The van der Waals surface area contributed by atoms with Gasteiger partial charge in [0.2, 0.25) is 0 Å². The molecule has 1 amide bonds. The number of rotatable bonds is 7. The maximum atomic E-state index is 12.2. The molecule has 112 valence electrons. The Labute approximate surface area is 123 Å². The van der Waals surface area contributed by atoms with Crippen LogP contribution < -0.4 is 0 Å². The van der Waals surface area contributed by atoms with Gasteiger partial charge in [0, 0.05) is 26.4 Å². The van der Waals surface area contributed by atoms with Crippen LogP contribution in [0.25, 0.3) is 5.82 Å². The van der Waals surface area contributed by atoms with Crippen LogP contribution in [-0.4, -0.2) is 55.9 Å². The van der Waals surface area contributed by atoms with Crippen LogP contribution in [0, 0.1) is 0 Å². The van der Waals surface area contributed by atoms with Crippen molar-refractivity contribution in [3.05, 3.63) is 36.5 Å². The van der Waals surface area contributed by atoms with Crippen molar-refractivity contribution in [2.45, 2.75) is 19.3 Å². The number of aromatic nitrogens is 4. The van der Waals surface area contributed by atoms with E-state index in [-0.39, 0.29) is 12.5 Å². The summed E-state index contributed by atoms with van der Waals surface area (Å²) in [7, 11) is 1.77. The lowest BCUT2D eigenvalue weighted by atomic mass is 10.2. The first-order valence-corrected chi connectivity index (χ1v) is 6.89. The first-order chi connectivity index (χ1) is 10.2. The maximum Gasteiger partial charge on any atom is 0.255 e. The zero-order valence-corrected chi connectivity index (χ0v) is 12.0. The Morgan fingerprint density at radius 3 is 2.81 bits per heavy atom.